The third-order valence-corrected chi connectivity index (χ3v) is 4.16. The van der Waals surface area contributed by atoms with Crippen LogP contribution in [-0.4, -0.2) is 35.7 Å². The van der Waals surface area contributed by atoms with Crippen LogP contribution in [0, 0.1) is 0 Å². The van der Waals surface area contributed by atoms with Gasteiger partial charge < -0.3 is 10.8 Å². The van der Waals surface area contributed by atoms with E-state index in [-0.39, 0.29) is 12.6 Å². The summed E-state index contributed by atoms with van der Waals surface area (Å²) in [4.78, 5) is 2.43. The highest BCUT2D eigenvalue weighted by Gasteiger charge is 2.20. The van der Waals surface area contributed by atoms with Crippen LogP contribution in [0.3, 0.4) is 0 Å². The lowest BCUT2D eigenvalue weighted by atomic mass is 10.0. The van der Waals surface area contributed by atoms with Crippen LogP contribution in [0.4, 0.5) is 0 Å². The largest absolute Gasteiger partial charge is 0.395 e. The molecular formula is C16H26N2O. The summed E-state index contributed by atoms with van der Waals surface area (Å²) in [5.41, 5.74) is 7.46. The summed E-state index contributed by atoms with van der Waals surface area (Å²) in [6.07, 6.45) is 5.86. The van der Waals surface area contributed by atoms with Crippen LogP contribution < -0.4 is 5.73 Å². The molecule has 0 saturated carbocycles. The first-order chi connectivity index (χ1) is 9.31. The second-order valence-electron chi connectivity index (χ2n) is 5.53. The van der Waals surface area contributed by atoms with E-state index in [1.54, 1.807) is 0 Å². The molecule has 1 aromatic rings. The molecule has 0 aliphatic carbocycles. The van der Waals surface area contributed by atoms with Gasteiger partial charge in [-0.15, -0.1) is 0 Å². The molecule has 106 valence electrons. The third-order valence-electron chi connectivity index (χ3n) is 4.16. The molecule has 1 heterocycles. The zero-order valence-corrected chi connectivity index (χ0v) is 11.7. The van der Waals surface area contributed by atoms with Crippen molar-refractivity contribution in [2.45, 2.75) is 44.2 Å². The van der Waals surface area contributed by atoms with E-state index >= 15 is 0 Å². The maximum Gasteiger partial charge on any atom is 0.0586 e. The van der Waals surface area contributed by atoms with Crippen molar-refractivity contribution in [2.24, 2.45) is 5.73 Å². The number of aliphatic hydroxyl groups is 1. The fourth-order valence-electron chi connectivity index (χ4n) is 2.91. The average molecular weight is 262 g/mol. The normalized spacial score (nSPS) is 22.9. The molecule has 19 heavy (non-hydrogen) atoms. The van der Waals surface area contributed by atoms with Gasteiger partial charge in [-0.3, -0.25) is 4.90 Å². The third kappa shape index (κ3) is 4.30. The van der Waals surface area contributed by atoms with Gasteiger partial charge in [0.15, 0.2) is 0 Å². The molecule has 0 amide bonds. The average Bonchev–Trinajstić information content (AvgIpc) is 2.70. The number of hydrogen-bond acceptors (Lipinski definition) is 3. The van der Waals surface area contributed by atoms with Crippen molar-refractivity contribution in [3.05, 3.63) is 35.9 Å². The van der Waals surface area contributed by atoms with Gasteiger partial charge in [-0.2, -0.15) is 0 Å². The second kappa shape index (κ2) is 7.63. The number of aliphatic hydroxyl groups excluding tert-OH is 1. The minimum absolute atomic E-state index is 0.101. The molecule has 1 aromatic carbocycles. The van der Waals surface area contributed by atoms with Gasteiger partial charge in [0, 0.05) is 18.6 Å². The van der Waals surface area contributed by atoms with Crippen LogP contribution in [0.2, 0.25) is 0 Å². The summed E-state index contributed by atoms with van der Waals surface area (Å²) in [6.45, 7) is 2.37. The van der Waals surface area contributed by atoms with E-state index in [0.717, 1.165) is 25.9 Å². The van der Waals surface area contributed by atoms with Gasteiger partial charge in [0.1, 0.15) is 0 Å². The molecule has 3 nitrogen and oxygen atoms in total. The van der Waals surface area contributed by atoms with E-state index in [1.165, 1.54) is 24.8 Å². The Labute approximate surface area is 116 Å². The number of benzene rings is 1. The lowest BCUT2D eigenvalue weighted by molar-refractivity contribution is 0.121. The molecule has 3 N–H and O–H groups in total. The topological polar surface area (TPSA) is 49.5 Å². The minimum Gasteiger partial charge on any atom is -0.395 e. The van der Waals surface area contributed by atoms with Gasteiger partial charge in [-0.05, 0) is 31.4 Å². The number of likely N-dealkylation sites (tertiary alicyclic amines) is 1. The van der Waals surface area contributed by atoms with Crippen LogP contribution in [0.25, 0.3) is 0 Å². The van der Waals surface area contributed by atoms with E-state index < -0.39 is 0 Å². The van der Waals surface area contributed by atoms with E-state index in [0.29, 0.717) is 6.04 Å². The van der Waals surface area contributed by atoms with Crippen molar-refractivity contribution in [2.75, 3.05) is 19.7 Å². The van der Waals surface area contributed by atoms with Gasteiger partial charge in [-0.25, -0.2) is 0 Å². The number of hydrogen-bond donors (Lipinski definition) is 2. The first-order valence-electron chi connectivity index (χ1n) is 7.46. The van der Waals surface area contributed by atoms with Crippen molar-refractivity contribution < 1.29 is 5.11 Å². The molecule has 1 fully saturated rings. The van der Waals surface area contributed by atoms with Gasteiger partial charge >= 0.3 is 0 Å². The molecule has 0 radical (unpaired) electrons. The molecule has 0 bridgehead atoms. The smallest absolute Gasteiger partial charge is 0.0586 e. The Bertz CT molecular complexity index is 355. The number of nitrogens with two attached hydrogens (primary N) is 1. The predicted octanol–water partition coefficient (Wildman–Crippen LogP) is 2.31. The fraction of sp³-hybridized carbons (Fsp3) is 0.625. The zero-order valence-electron chi connectivity index (χ0n) is 11.7. The van der Waals surface area contributed by atoms with E-state index in [9.17, 15) is 5.11 Å². The highest BCUT2D eigenvalue weighted by molar-refractivity contribution is 5.18. The Morgan fingerprint density at radius 1 is 1.21 bits per heavy atom. The Balaban J connectivity index is 1.86. The zero-order chi connectivity index (χ0) is 13.5. The van der Waals surface area contributed by atoms with E-state index in [2.05, 4.69) is 17.0 Å². The van der Waals surface area contributed by atoms with E-state index in [4.69, 9.17) is 5.73 Å². The molecule has 1 aliphatic rings. The maximum absolute atomic E-state index is 9.50. The van der Waals surface area contributed by atoms with Crippen molar-refractivity contribution >= 4 is 0 Å². The molecule has 2 rings (SSSR count). The summed E-state index contributed by atoms with van der Waals surface area (Å²) >= 11 is 0. The molecule has 2 atom stereocenters. The number of nitrogens with zero attached hydrogens (tertiary/aromatic N) is 1. The number of rotatable bonds is 5. The Morgan fingerprint density at radius 3 is 2.74 bits per heavy atom. The molecule has 0 aromatic heterocycles. The van der Waals surface area contributed by atoms with Crippen molar-refractivity contribution in [1.82, 2.24) is 4.90 Å². The Morgan fingerprint density at radius 2 is 2.00 bits per heavy atom. The monoisotopic (exact) mass is 262 g/mol. The van der Waals surface area contributed by atoms with E-state index in [1.807, 2.05) is 18.2 Å². The molecule has 3 heteroatoms. The first kappa shape index (κ1) is 14.5. The van der Waals surface area contributed by atoms with Crippen LogP contribution in [-0.2, 0) is 0 Å². The SMILES string of the molecule is NC(CCN1CCCCCC1CO)c1ccccc1. The Kier molecular flexibility index (Phi) is 5.83. The molecule has 2 unspecified atom stereocenters. The van der Waals surface area contributed by atoms with Gasteiger partial charge in [-0.1, -0.05) is 43.2 Å². The molecule has 1 aliphatic heterocycles. The quantitative estimate of drug-likeness (QED) is 0.856. The Hall–Kier alpha value is -0.900. The lowest BCUT2D eigenvalue weighted by Crippen LogP contribution is -2.39. The standard InChI is InChI=1S/C16H26N2O/c17-16(14-7-3-1-4-8-14)10-12-18-11-6-2-5-9-15(18)13-19/h1,3-4,7-8,15-16,19H,2,5-6,9-13,17H2. The molecular weight excluding hydrogens is 236 g/mol. The van der Waals surface area contributed by atoms with Crippen molar-refractivity contribution in [3.63, 3.8) is 0 Å². The van der Waals surface area contributed by atoms with Crippen LogP contribution in [0.5, 0.6) is 0 Å². The highest BCUT2D eigenvalue weighted by atomic mass is 16.3. The lowest BCUT2D eigenvalue weighted by Gasteiger charge is -2.29. The highest BCUT2D eigenvalue weighted by Crippen LogP contribution is 2.19. The van der Waals surface area contributed by atoms with Crippen molar-refractivity contribution in [3.8, 4) is 0 Å². The van der Waals surface area contributed by atoms with Crippen LogP contribution >= 0.6 is 0 Å². The van der Waals surface area contributed by atoms with Crippen molar-refractivity contribution in [1.29, 1.82) is 0 Å². The van der Waals surface area contributed by atoms with Gasteiger partial charge in [0.2, 0.25) is 0 Å². The minimum atomic E-state index is 0.101. The predicted molar refractivity (Wildman–Crippen MR) is 78.9 cm³/mol. The maximum atomic E-state index is 9.50. The summed E-state index contributed by atoms with van der Waals surface area (Å²) in [7, 11) is 0. The second-order valence-corrected chi connectivity index (χ2v) is 5.53. The van der Waals surface area contributed by atoms with Gasteiger partial charge in [0.25, 0.3) is 0 Å². The molecule has 0 spiro atoms. The first-order valence-corrected chi connectivity index (χ1v) is 7.46. The summed E-state index contributed by atoms with van der Waals surface area (Å²) < 4.78 is 0. The van der Waals surface area contributed by atoms with Crippen LogP contribution in [0.15, 0.2) is 30.3 Å². The van der Waals surface area contributed by atoms with Gasteiger partial charge in [0.05, 0.1) is 6.61 Å². The summed E-state index contributed by atoms with van der Waals surface area (Å²) in [6, 6.07) is 10.7. The fourth-order valence-corrected chi connectivity index (χ4v) is 2.91. The summed E-state index contributed by atoms with van der Waals surface area (Å²) in [5.74, 6) is 0. The van der Waals surface area contributed by atoms with Crippen LogP contribution in [0.1, 0.15) is 43.7 Å². The summed E-state index contributed by atoms with van der Waals surface area (Å²) in [5, 5.41) is 9.50. The molecule has 1 saturated heterocycles.